The summed E-state index contributed by atoms with van der Waals surface area (Å²) in [4.78, 5) is 17.4. The van der Waals surface area contributed by atoms with Crippen molar-refractivity contribution >= 4 is 39.8 Å². The van der Waals surface area contributed by atoms with Crippen LogP contribution in [0.15, 0.2) is 53.9 Å². The quantitative estimate of drug-likeness (QED) is 0.567. The minimum Gasteiger partial charge on any atom is -0.497 e. The maximum atomic E-state index is 12.4. The molecule has 8 heteroatoms. The number of carbonyl (C=O) groups is 1. The maximum Gasteiger partial charge on any atom is 0.258 e. The van der Waals surface area contributed by atoms with Gasteiger partial charge in [0, 0.05) is 21.5 Å². The highest BCUT2D eigenvalue weighted by Gasteiger charge is 2.14. The Hall–Kier alpha value is -2.90. The summed E-state index contributed by atoms with van der Waals surface area (Å²) in [7, 11) is 1.58. The zero-order valence-corrected chi connectivity index (χ0v) is 15.2. The van der Waals surface area contributed by atoms with Crippen molar-refractivity contribution in [3.05, 3.63) is 64.5 Å². The van der Waals surface area contributed by atoms with Crippen molar-refractivity contribution < 1.29 is 9.53 Å². The molecule has 2 aromatic heterocycles. The summed E-state index contributed by atoms with van der Waals surface area (Å²) in [6.45, 7) is 0. The van der Waals surface area contributed by atoms with Gasteiger partial charge in [-0.25, -0.2) is 4.52 Å². The van der Waals surface area contributed by atoms with Crippen LogP contribution in [0.2, 0.25) is 5.02 Å². The Morgan fingerprint density at radius 2 is 1.88 bits per heavy atom. The summed E-state index contributed by atoms with van der Waals surface area (Å²) in [5.41, 5.74) is 2.36. The Bertz CT molecular complexity index is 1070. The van der Waals surface area contributed by atoms with Crippen molar-refractivity contribution in [2.75, 3.05) is 12.4 Å². The third kappa shape index (κ3) is 3.14. The van der Waals surface area contributed by atoms with Gasteiger partial charge < -0.3 is 4.74 Å². The number of ether oxygens (including phenoxy) is 1. The number of thiazole rings is 1. The Kier molecular flexibility index (Phi) is 4.32. The van der Waals surface area contributed by atoms with E-state index in [1.54, 1.807) is 35.9 Å². The molecule has 4 rings (SSSR count). The Balaban J connectivity index is 1.59. The average Bonchev–Trinajstić information content (AvgIpc) is 3.22. The van der Waals surface area contributed by atoms with Crippen molar-refractivity contribution in [3.8, 4) is 17.0 Å². The minimum absolute atomic E-state index is 0.257. The number of halogens is 1. The lowest BCUT2D eigenvalue weighted by atomic mass is 10.2. The van der Waals surface area contributed by atoms with Crippen LogP contribution < -0.4 is 10.1 Å². The SMILES string of the molecule is COc1ccc(C(=O)Nc2nc3scc(-c4ccc(Cl)cc4)n3n2)cc1. The molecule has 2 aromatic carbocycles. The molecule has 0 saturated carbocycles. The smallest absolute Gasteiger partial charge is 0.258 e. The molecule has 0 aliphatic carbocycles. The predicted molar refractivity (Wildman–Crippen MR) is 102 cm³/mol. The molecule has 0 spiro atoms. The van der Waals surface area contributed by atoms with E-state index < -0.39 is 0 Å². The van der Waals surface area contributed by atoms with E-state index in [-0.39, 0.29) is 11.9 Å². The zero-order valence-electron chi connectivity index (χ0n) is 13.6. The first-order valence-electron chi connectivity index (χ1n) is 7.69. The summed E-state index contributed by atoms with van der Waals surface area (Å²) in [6, 6.07) is 14.3. The van der Waals surface area contributed by atoms with Crippen LogP contribution in [-0.4, -0.2) is 27.6 Å². The van der Waals surface area contributed by atoms with Crippen molar-refractivity contribution in [1.82, 2.24) is 14.6 Å². The molecule has 0 atom stereocenters. The number of carbonyl (C=O) groups excluding carboxylic acids is 1. The van der Waals surface area contributed by atoms with Gasteiger partial charge in [-0.2, -0.15) is 4.98 Å². The van der Waals surface area contributed by atoms with E-state index in [1.807, 2.05) is 29.6 Å². The summed E-state index contributed by atoms with van der Waals surface area (Å²) >= 11 is 7.39. The van der Waals surface area contributed by atoms with E-state index in [1.165, 1.54) is 11.3 Å². The van der Waals surface area contributed by atoms with Crippen molar-refractivity contribution in [2.24, 2.45) is 0 Å². The number of fused-ring (bicyclic) bond motifs is 1. The molecule has 4 aromatic rings. The molecule has 130 valence electrons. The highest BCUT2D eigenvalue weighted by Crippen LogP contribution is 2.27. The second kappa shape index (κ2) is 6.78. The number of hydrogen-bond donors (Lipinski definition) is 1. The average molecular weight is 385 g/mol. The van der Waals surface area contributed by atoms with Crippen LogP contribution in [0.3, 0.4) is 0 Å². The summed E-state index contributed by atoms with van der Waals surface area (Å²) in [5.74, 6) is 0.668. The Morgan fingerprint density at radius 1 is 1.15 bits per heavy atom. The molecule has 6 nitrogen and oxygen atoms in total. The first kappa shape index (κ1) is 16.6. The third-order valence-corrected chi connectivity index (χ3v) is 4.87. The number of aromatic nitrogens is 3. The minimum atomic E-state index is -0.279. The Labute approximate surface area is 158 Å². The second-order valence-electron chi connectivity index (χ2n) is 5.44. The summed E-state index contributed by atoms with van der Waals surface area (Å²) in [5, 5.41) is 9.76. The monoisotopic (exact) mass is 384 g/mol. The number of nitrogens with one attached hydrogen (secondary N) is 1. The van der Waals surface area contributed by atoms with Gasteiger partial charge in [-0.3, -0.25) is 10.1 Å². The molecule has 1 amide bonds. The lowest BCUT2D eigenvalue weighted by Gasteiger charge is -2.03. The largest absolute Gasteiger partial charge is 0.497 e. The van der Waals surface area contributed by atoms with Crippen LogP contribution in [0.4, 0.5) is 5.95 Å². The van der Waals surface area contributed by atoms with Gasteiger partial charge in [0.15, 0.2) is 0 Å². The highest BCUT2D eigenvalue weighted by atomic mass is 35.5. The fourth-order valence-electron chi connectivity index (χ4n) is 2.47. The molecule has 0 radical (unpaired) electrons. The van der Waals surface area contributed by atoms with Crippen LogP contribution in [0.5, 0.6) is 5.75 Å². The second-order valence-corrected chi connectivity index (χ2v) is 6.71. The predicted octanol–water partition coefficient (Wildman–Crippen LogP) is 4.37. The van der Waals surface area contributed by atoms with Crippen LogP contribution in [0.1, 0.15) is 10.4 Å². The number of nitrogens with zero attached hydrogens (tertiary/aromatic N) is 3. The van der Waals surface area contributed by atoms with Crippen molar-refractivity contribution in [1.29, 1.82) is 0 Å². The summed E-state index contributed by atoms with van der Waals surface area (Å²) in [6.07, 6.45) is 0. The number of amides is 1. The van der Waals surface area contributed by atoms with Gasteiger partial charge in [-0.05, 0) is 36.4 Å². The van der Waals surface area contributed by atoms with Crippen molar-refractivity contribution in [3.63, 3.8) is 0 Å². The van der Waals surface area contributed by atoms with E-state index in [2.05, 4.69) is 15.4 Å². The number of rotatable bonds is 4. The van der Waals surface area contributed by atoms with E-state index in [9.17, 15) is 4.79 Å². The van der Waals surface area contributed by atoms with Crippen LogP contribution >= 0.6 is 22.9 Å². The Morgan fingerprint density at radius 3 is 2.58 bits per heavy atom. The fourth-order valence-corrected chi connectivity index (χ4v) is 3.43. The molecular formula is C18H13ClN4O2S. The first-order chi connectivity index (χ1) is 12.6. The molecule has 0 fully saturated rings. The van der Waals surface area contributed by atoms with Gasteiger partial charge in [0.25, 0.3) is 11.9 Å². The topological polar surface area (TPSA) is 68.5 Å². The normalized spacial score (nSPS) is 10.8. The molecule has 2 heterocycles. The van der Waals surface area contributed by atoms with E-state index in [0.717, 1.165) is 11.3 Å². The molecule has 1 N–H and O–H groups in total. The molecule has 26 heavy (non-hydrogen) atoms. The van der Waals surface area contributed by atoms with E-state index >= 15 is 0 Å². The molecule has 0 bridgehead atoms. The van der Waals surface area contributed by atoms with Gasteiger partial charge in [0.05, 0.1) is 12.8 Å². The third-order valence-electron chi connectivity index (χ3n) is 3.80. The standard InChI is InChI=1S/C18H13ClN4O2S/c1-25-14-8-4-12(5-9-14)16(24)20-17-21-18-23(22-17)15(10-26-18)11-2-6-13(19)7-3-11/h2-10H,1H3,(H,20,22,24). The number of methoxy groups -OCH3 is 1. The van der Waals surface area contributed by atoms with Crippen molar-refractivity contribution in [2.45, 2.75) is 0 Å². The van der Waals surface area contributed by atoms with Gasteiger partial charge in [-0.1, -0.05) is 23.7 Å². The number of anilines is 1. The number of hydrogen-bond acceptors (Lipinski definition) is 5. The molecule has 0 aliphatic heterocycles. The van der Waals surface area contributed by atoms with Gasteiger partial charge in [0.2, 0.25) is 4.96 Å². The molecule has 0 aliphatic rings. The lowest BCUT2D eigenvalue weighted by Crippen LogP contribution is -2.13. The fraction of sp³-hybridized carbons (Fsp3) is 0.0556. The van der Waals surface area contributed by atoms with Gasteiger partial charge in [0.1, 0.15) is 5.75 Å². The van der Waals surface area contributed by atoms with Gasteiger partial charge >= 0.3 is 0 Å². The van der Waals surface area contributed by atoms with Crippen LogP contribution in [0, 0.1) is 0 Å². The summed E-state index contributed by atoms with van der Waals surface area (Å²) < 4.78 is 6.80. The molecule has 0 unspecified atom stereocenters. The van der Waals surface area contributed by atoms with Crippen LogP contribution in [0.25, 0.3) is 16.2 Å². The first-order valence-corrected chi connectivity index (χ1v) is 8.95. The van der Waals surface area contributed by atoms with E-state index in [0.29, 0.717) is 21.3 Å². The number of benzene rings is 2. The molecular weight excluding hydrogens is 372 g/mol. The maximum absolute atomic E-state index is 12.4. The van der Waals surface area contributed by atoms with E-state index in [4.69, 9.17) is 16.3 Å². The zero-order chi connectivity index (χ0) is 18.1. The van der Waals surface area contributed by atoms with Crippen LogP contribution in [-0.2, 0) is 0 Å². The lowest BCUT2D eigenvalue weighted by molar-refractivity contribution is 0.102. The molecule has 0 saturated heterocycles. The van der Waals surface area contributed by atoms with Gasteiger partial charge in [-0.15, -0.1) is 16.4 Å². The highest BCUT2D eigenvalue weighted by molar-refractivity contribution is 7.15.